The average molecular weight is 465 g/mol. The molecule has 0 aliphatic carbocycles. The van der Waals surface area contributed by atoms with Crippen LogP contribution in [0.2, 0.25) is 0 Å². The zero-order valence-electron chi connectivity index (χ0n) is 18.7. The number of benzene rings is 3. The van der Waals surface area contributed by atoms with E-state index in [-0.39, 0.29) is 16.5 Å². The molecule has 0 aliphatic heterocycles. The number of fused-ring (bicyclic) bond motifs is 1. The minimum atomic E-state index is -3.91. The lowest BCUT2D eigenvalue weighted by molar-refractivity contribution is 0.395. The smallest absolute Gasteiger partial charge is 0.263 e. The van der Waals surface area contributed by atoms with E-state index in [0.717, 1.165) is 11.1 Å². The molecule has 2 N–H and O–H groups in total. The van der Waals surface area contributed by atoms with Gasteiger partial charge in [-0.05, 0) is 61.4 Å². The van der Waals surface area contributed by atoms with Crippen molar-refractivity contribution in [2.45, 2.75) is 18.7 Å². The zero-order valence-corrected chi connectivity index (χ0v) is 19.5. The van der Waals surface area contributed by atoms with Gasteiger partial charge in [-0.2, -0.15) is 0 Å². The van der Waals surface area contributed by atoms with Crippen LogP contribution in [0, 0.1) is 13.8 Å². The molecule has 3 aromatic carbocycles. The maximum atomic E-state index is 13.2. The SMILES string of the molecule is COc1ccc(Nc2nc3ccccc3nc2NS(=O)(=O)c2ccc(C)c(C)c2)c(OC)c1. The van der Waals surface area contributed by atoms with Gasteiger partial charge in [0.1, 0.15) is 11.5 Å². The molecule has 0 bridgehead atoms. The van der Waals surface area contributed by atoms with Crippen molar-refractivity contribution >= 4 is 38.4 Å². The second-order valence-corrected chi connectivity index (χ2v) is 9.13. The number of nitrogens with one attached hydrogen (secondary N) is 2. The van der Waals surface area contributed by atoms with Gasteiger partial charge in [0.2, 0.25) is 0 Å². The van der Waals surface area contributed by atoms with Crippen molar-refractivity contribution in [1.82, 2.24) is 9.97 Å². The van der Waals surface area contributed by atoms with Crippen LogP contribution in [0.1, 0.15) is 11.1 Å². The molecular formula is C24H24N4O4S. The Bertz CT molecular complexity index is 1440. The molecule has 0 fully saturated rings. The normalized spacial score (nSPS) is 11.3. The predicted octanol–water partition coefficient (Wildman–Crippen LogP) is 4.81. The summed E-state index contributed by atoms with van der Waals surface area (Å²) in [6.07, 6.45) is 0. The van der Waals surface area contributed by atoms with E-state index in [1.54, 1.807) is 55.6 Å². The average Bonchev–Trinajstić information content (AvgIpc) is 2.81. The monoisotopic (exact) mass is 464 g/mol. The van der Waals surface area contributed by atoms with Crippen molar-refractivity contribution in [3.05, 3.63) is 71.8 Å². The van der Waals surface area contributed by atoms with E-state index in [1.807, 2.05) is 26.0 Å². The van der Waals surface area contributed by atoms with Crippen LogP contribution < -0.4 is 19.5 Å². The number of hydrogen-bond donors (Lipinski definition) is 2. The molecule has 0 aliphatic rings. The second kappa shape index (κ2) is 8.95. The van der Waals surface area contributed by atoms with Crippen LogP contribution in [0.5, 0.6) is 11.5 Å². The Morgan fingerprint density at radius 3 is 2.12 bits per heavy atom. The standard InChI is InChI=1S/C24H24N4O4S/c1-15-9-11-18(13-16(15)2)33(29,30)28-24-23(25-19-7-5-6-8-20(19)26-24)27-21-12-10-17(31-3)14-22(21)32-4/h5-14H,1-4H3,(H,25,27)(H,26,28). The highest BCUT2D eigenvalue weighted by Gasteiger charge is 2.20. The van der Waals surface area contributed by atoms with Gasteiger partial charge in [0.15, 0.2) is 11.6 Å². The first kappa shape index (κ1) is 22.3. The molecule has 0 spiro atoms. The molecule has 33 heavy (non-hydrogen) atoms. The lowest BCUT2D eigenvalue weighted by atomic mass is 10.1. The van der Waals surface area contributed by atoms with Gasteiger partial charge in [-0.25, -0.2) is 18.4 Å². The largest absolute Gasteiger partial charge is 0.497 e. The Kier molecular flexibility index (Phi) is 6.06. The second-order valence-electron chi connectivity index (χ2n) is 7.45. The summed E-state index contributed by atoms with van der Waals surface area (Å²) in [4.78, 5) is 9.29. The summed E-state index contributed by atoms with van der Waals surface area (Å²) in [5.74, 6) is 1.44. The van der Waals surface area contributed by atoms with Gasteiger partial charge in [-0.1, -0.05) is 18.2 Å². The number of sulfonamides is 1. The molecule has 170 valence electrons. The molecule has 0 saturated carbocycles. The Hall–Kier alpha value is -3.85. The van der Waals surface area contributed by atoms with Crippen molar-refractivity contribution in [3.63, 3.8) is 0 Å². The topological polar surface area (TPSA) is 102 Å². The van der Waals surface area contributed by atoms with Crippen molar-refractivity contribution < 1.29 is 17.9 Å². The van der Waals surface area contributed by atoms with Gasteiger partial charge in [0.25, 0.3) is 10.0 Å². The molecule has 4 aromatic rings. The Balaban J connectivity index is 1.79. The van der Waals surface area contributed by atoms with Gasteiger partial charge in [-0.15, -0.1) is 0 Å². The number of aromatic nitrogens is 2. The highest BCUT2D eigenvalue weighted by atomic mass is 32.2. The fourth-order valence-electron chi connectivity index (χ4n) is 3.25. The molecule has 1 aromatic heterocycles. The molecular weight excluding hydrogens is 440 g/mol. The van der Waals surface area contributed by atoms with Gasteiger partial charge in [0.05, 0.1) is 35.8 Å². The van der Waals surface area contributed by atoms with Crippen LogP contribution in [0.15, 0.2) is 65.6 Å². The van der Waals surface area contributed by atoms with Crippen LogP contribution in [0.3, 0.4) is 0 Å². The van der Waals surface area contributed by atoms with E-state index < -0.39 is 10.0 Å². The van der Waals surface area contributed by atoms with E-state index in [0.29, 0.717) is 28.2 Å². The number of hydrogen-bond acceptors (Lipinski definition) is 7. The fourth-order valence-corrected chi connectivity index (χ4v) is 4.35. The molecule has 9 heteroatoms. The number of anilines is 3. The van der Waals surface area contributed by atoms with Crippen LogP contribution >= 0.6 is 0 Å². The van der Waals surface area contributed by atoms with Crippen LogP contribution in [-0.4, -0.2) is 32.6 Å². The number of methoxy groups -OCH3 is 2. The summed E-state index contributed by atoms with van der Waals surface area (Å²) in [6, 6.07) is 17.5. The maximum Gasteiger partial charge on any atom is 0.263 e. The van der Waals surface area contributed by atoms with Crippen molar-refractivity contribution in [2.24, 2.45) is 0 Å². The number of nitrogens with zero attached hydrogens (tertiary/aromatic N) is 2. The number of rotatable bonds is 7. The molecule has 0 saturated heterocycles. The third-order valence-corrected chi connectivity index (χ3v) is 6.59. The van der Waals surface area contributed by atoms with E-state index in [2.05, 4.69) is 20.0 Å². The maximum absolute atomic E-state index is 13.2. The van der Waals surface area contributed by atoms with E-state index in [4.69, 9.17) is 9.47 Å². The summed E-state index contributed by atoms with van der Waals surface area (Å²) in [6.45, 7) is 3.80. The highest BCUT2D eigenvalue weighted by molar-refractivity contribution is 7.92. The van der Waals surface area contributed by atoms with Crippen molar-refractivity contribution in [3.8, 4) is 11.5 Å². The van der Waals surface area contributed by atoms with Crippen molar-refractivity contribution in [1.29, 1.82) is 0 Å². The highest BCUT2D eigenvalue weighted by Crippen LogP contribution is 2.34. The molecule has 8 nitrogen and oxygen atoms in total. The van der Waals surface area contributed by atoms with Crippen LogP contribution in [0.25, 0.3) is 11.0 Å². The van der Waals surface area contributed by atoms with Gasteiger partial charge in [0, 0.05) is 6.07 Å². The molecule has 0 amide bonds. The molecule has 0 atom stereocenters. The zero-order chi connectivity index (χ0) is 23.6. The fraction of sp³-hybridized carbons (Fsp3) is 0.167. The Morgan fingerprint density at radius 1 is 0.788 bits per heavy atom. The summed E-state index contributed by atoms with van der Waals surface area (Å²) in [5, 5.41) is 3.15. The molecule has 0 radical (unpaired) electrons. The van der Waals surface area contributed by atoms with E-state index in [1.165, 1.54) is 7.11 Å². The summed E-state index contributed by atoms with van der Waals surface area (Å²) in [7, 11) is -0.803. The third-order valence-electron chi connectivity index (χ3n) is 5.25. The van der Waals surface area contributed by atoms with E-state index in [9.17, 15) is 8.42 Å². The minimum absolute atomic E-state index is 0.0739. The molecule has 0 unspecified atom stereocenters. The van der Waals surface area contributed by atoms with Crippen LogP contribution in [-0.2, 0) is 10.0 Å². The van der Waals surface area contributed by atoms with Gasteiger partial charge < -0.3 is 14.8 Å². The predicted molar refractivity (Wildman–Crippen MR) is 129 cm³/mol. The Labute approximate surface area is 192 Å². The summed E-state index contributed by atoms with van der Waals surface area (Å²) >= 11 is 0. The Morgan fingerprint density at radius 2 is 1.48 bits per heavy atom. The van der Waals surface area contributed by atoms with Crippen molar-refractivity contribution in [2.75, 3.05) is 24.3 Å². The van der Waals surface area contributed by atoms with Gasteiger partial charge in [-0.3, -0.25) is 4.72 Å². The van der Waals surface area contributed by atoms with Gasteiger partial charge >= 0.3 is 0 Å². The molecule has 4 rings (SSSR count). The first-order valence-electron chi connectivity index (χ1n) is 10.2. The first-order valence-corrected chi connectivity index (χ1v) is 11.6. The summed E-state index contributed by atoms with van der Waals surface area (Å²) < 4.78 is 39.6. The van der Waals surface area contributed by atoms with E-state index >= 15 is 0 Å². The third kappa shape index (κ3) is 4.68. The summed E-state index contributed by atoms with van der Waals surface area (Å²) in [5.41, 5.74) is 3.64. The number of para-hydroxylation sites is 2. The van der Waals surface area contributed by atoms with Crippen LogP contribution in [0.4, 0.5) is 17.3 Å². The lowest BCUT2D eigenvalue weighted by Crippen LogP contribution is -2.16. The number of ether oxygens (including phenoxy) is 2. The molecule has 1 heterocycles. The first-order chi connectivity index (χ1) is 15.8. The number of aryl methyl sites for hydroxylation is 2. The quantitative estimate of drug-likeness (QED) is 0.405. The minimum Gasteiger partial charge on any atom is -0.497 e. The lowest BCUT2D eigenvalue weighted by Gasteiger charge is -2.16.